The van der Waals surface area contributed by atoms with Crippen molar-refractivity contribution in [1.29, 1.82) is 0 Å². The van der Waals surface area contributed by atoms with Crippen LogP contribution in [0.3, 0.4) is 0 Å². The third kappa shape index (κ3) is 2.41. The van der Waals surface area contributed by atoms with Crippen molar-refractivity contribution in [2.45, 2.75) is 25.4 Å². The highest BCUT2D eigenvalue weighted by Gasteiger charge is 2.07. The Hall–Kier alpha value is -1.36. The van der Waals surface area contributed by atoms with Crippen LogP contribution in [0.2, 0.25) is 0 Å². The van der Waals surface area contributed by atoms with E-state index < -0.39 is 0 Å². The Morgan fingerprint density at radius 2 is 2.00 bits per heavy atom. The fourth-order valence-electron chi connectivity index (χ4n) is 1.31. The van der Waals surface area contributed by atoms with E-state index in [0.717, 1.165) is 23.0 Å². The van der Waals surface area contributed by atoms with Gasteiger partial charge >= 0.3 is 0 Å². The standard InChI is InChI=1S/C11H14N4S/c1-3-8-16-11-12-13-14-15(11)10-6-4-9(2)5-7-10/h4-7H,3,8H2,1-2H3. The molecule has 2 aromatic rings. The van der Waals surface area contributed by atoms with Crippen LogP contribution in [0.15, 0.2) is 29.4 Å². The zero-order valence-electron chi connectivity index (χ0n) is 9.42. The van der Waals surface area contributed by atoms with Crippen LogP contribution in [0.4, 0.5) is 0 Å². The van der Waals surface area contributed by atoms with Crippen LogP contribution in [0.1, 0.15) is 18.9 Å². The first-order chi connectivity index (χ1) is 7.81. The van der Waals surface area contributed by atoms with Crippen molar-refractivity contribution in [3.63, 3.8) is 0 Å². The molecular weight excluding hydrogens is 220 g/mol. The molecule has 0 bridgehead atoms. The molecule has 16 heavy (non-hydrogen) atoms. The van der Waals surface area contributed by atoms with Gasteiger partial charge in [0.2, 0.25) is 5.16 Å². The molecule has 0 saturated heterocycles. The van der Waals surface area contributed by atoms with Crippen molar-refractivity contribution < 1.29 is 0 Å². The summed E-state index contributed by atoms with van der Waals surface area (Å²) in [5.41, 5.74) is 2.24. The third-order valence-corrected chi connectivity index (χ3v) is 3.28. The van der Waals surface area contributed by atoms with Gasteiger partial charge in [-0.25, -0.2) is 0 Å². The molecule has 0 aliphatic carbocycles. The van der Waals surface area contributed by atoms with Gasteiger partial charge in [0.05, 0.1) is 5.69 Å². The van der Waals surface area contributed by atoms with Gasteiger partial charge in [0.15, 0.2) is 0 Å². The quantitative estimate of drug-likeness (QED) is 0.762. The summed E-state index contributed by atoms with van der Waals surface area (Å²) in [7, 11) is 0. The normalized spacial score (nSPS) is 10.6. The van der Waals surface area contributed by atoms with E-state index in [1.165, 1.54) is 5.56 Å². The molecule has 0 aliphatic heterocycles. The summed E-state index contributed by atoms with van der Waals surface area (Å²) in [4.78, 5) is 0. The smallest absolute Gasteiger partial charge is 0.188 e. The van der Waals surface area contributed by atoms with Crippen molar-refractivity contribution in [1.82, 2.24) is 20.2 Å². The van der Waals surface area contributed by atoms with Crippen molar-refractivity contribution >= 4 is 11.8 Å². The van der Waals surface area contributed by atoms with E-state index in [-0.39, 0.29) is 0 Å². The van der Waals surface area contributed by atoms with Crippen LogP contribution in [0.5, 0.6) is 0 Å². The number of benzene rings is 1. The average molecular weight is 234 g/mol. The first-order valence-electron chi connectivity index (χ1n) is 5.29. The van der Waals surface area contributed by atoms with Gasteiger partial charge in [0.1, 0.15) is 0 Å². The zero-order chi connectivity index (χ0) is 11.4. The molecular formula is C11H14N4S. The first-order valence-corrected chi connectivity index (χ1v) is 6.28. The minimum atomic E-state index is 0.853. The molecule has 1 aromatic carbocycles. The first kappa shape index (κ1) is 11.1. The van der Waals surface area contributed by atoms with E-state index >= 15 is 0 Å². The fourth-order valence-corrected chi connectivity index (χ4v) is 2.06. The molecule has 84 valence electrons. The molecule has 0 amide bonds. The number of rotatable bonds is 4. The highest BCUT2D eigenvalue weighted by molar-refractivity contribution is 7.99. The summed E-state index contributed by atoms with van der Waals surface area (Å²) in [6.07, 6.45) is 1.12. The van der Waals surface area contributed by atoms with Gasteiger partial charge in [-0.15, -0.1) is 5.10 Å². The predicted octanol–water partition coefficient (Wildman–Crippen LogP) is 2.47. The van der Waals surface area contributed by atoms with Crippen molar-refractivity contribution in [3.8, 4) is 5.69 Å². The molecule has 5 heteroatoms. The molecule has 0 fully saturated rings. The number of thioether (sulfide) groups is 1. The van der Waals surface area contributed by atoms with Crippen LogP contribution in [0, 0.1) is 6.92 Å². The van der Waals surface area contributed by atoms with E-state index in [0.29, 0.717) is 0 Å². The van der Waals surface area contributed by atoms with Crippen LogP contribution < -0.4 is 0 Å². The lowest BCUT2D eigenvalue weighted by atomic mass is 10.2. The van der Waals surface area contributed by atoms with Gasteiger partial charge < -0.3 is 0 Å². The maximum Gasteiger partial charge on any atom is 0.214 e. The minimum absolute atomic E-state index is 0.853. The summed E-state index contributed by atoms with van der Waals surface area (Å²) in [5, 5.41) is 12.6. The molecule has 2 rings (SSSR count). The number of hydrogen-bond acceptors (Lipinski definition) is 4. The molecule has 0 N–H and O–H groups in total. The molecule has 0 atom stereocenters. The molecule has 1 aromatic heterocycles. The fraction of sp³-hybridized carbons (Fsp3) is 0.364. The molecule has 0 unspecified atom stereocenters. The van der Waals surface area contributed by atoms with Gasteiger partial charge in [0.25, 0.3) is 0 Å². The van der Waals surface area contributed by atoms with Crippen molar-refractivity contribution in [2.24, 2.45) is 0 Å². The second-order valence-electron chi connectivity index (χ2n) is 3.56. The maximum atomic E-state index is 4.02. The monoisotopic (exact) mass is 234 g/mol. The van der Waals surface area contributed by atoms with E-state index in [4.69, 9.17) is 0 Å². The van der Waals surface area contributed by atoms with E-state index in [9.17, 15) is 0 Å². The molecule has 1 heterocycles. The molecule has 0 radical (unpaired) electrons. The number of hydrogen-bond donors (Lipinski definition) is 0. The highest BCUT2D eigenvalue weighted by Crippen LogP contribution is 2.18. The summed E-state index contributed by atoms with van der Waals surface area (Å²) in [6, 6.07) is 8.18. The second-order valence-corrected chi connectivity index (χ2v) is 4.62. The van der Waals surface area contributed by atoms with Crippen molar-refractivity contribution in [2.75, 3.05) is 5.75 Å². The largest absolute Gasteiger partial charge is 0.214 e. The second kappa shape index (κ2) is 5.12. The lowest BCUT2D eigenvalue weighted by molar-refractivity contribution is 0.756. The maximum absolute atomic E-state index is 4.02. The average Bonchev–Trinajstić information content (AvgIpc) is 2.75. The Bertz CT molecular complexity index is 449. The Morgan fingerprint density at radius 1 is 1.25 bits per heavy atom. The summed E-state index contributed by atoms with van der Waals surface area (Å²) >= 11 is 1.68. The molecule has 0 saturated carbocycles. The Balaban J connectivity index is 2.26. The predicted molar refractivity (Wildman–Crippen MR) is 64.9 cm³/mol. The van der Waals surface area contributed by atoms with Gasteiger partial charge in [-0.3, -0.25) is 0 Å². The SMILES string of the molecule is CCCSc1nnnn1-c1ccc(C)cc1. The molecule has 0 spiro atoms. The van der Waals surface area contributed by atoms with Gasteiger partial charge in [-0.2, -0.15) is 4.68 Å². The van der Waals surface area contributed by atoms with Crippen LogP contribution in [-0.2, 0) is 0 Å². The van der Waals surface area contributed by atoms with Crippen LogP contribution in [-0.4, -0.2) is 26.0 Å². The zero-order valence-corrected chi connectivity index (χ0v) is 10.2. The van der Waals surface area contributed by atoms with E-state index in [1.54, 1.807) is 16.4 Å². The van der Waals surface area contributed by atoms with Crippen LogP contribution >= 0.6 is 11.8 Å². The Kier molecular flexibility index (Phi) is 3.56. The van der Waals surface area contributed by atoms with E-state index in [1.807, 2.05) is 12.1 Å². The van der Waals surface area contributed by atoms with Crippen molar-refractivity contribution in [3.05, 3.63) is 29.8 Å². The Labute approximate surface area is 99.1 Å². The number of tetrazole rings is 1. The van der Waals surface area contributed by atoms with Gasteiger partial charge in [0, 0.05) is 5.75 Å². The van der Waals surface area contributed by atoms with Crippen LogP contribution in [0.25, 0.3) is 5.69 Å². The van der Waals surface area contributed by atoms with Gasteiger partial charge in [-0.05, 0) is 35.9 Å². The third-order valence-electron chi connectivity index (χ3n) is 2.15. The topological polar surface area (TPSA) is 43.6 Å². The minimum Gasteiger partial charge on any atom is -0.188 e. The number of aromatic nitrogens is 4. The van der Waals surface area contributed by atoms with Gasteiger partial charge in [-0.1, -0.05) is 36.4 Å². The number of nitrogens with zero attached hydrogens (tertiary/aromatic N) is 4. The lowest BCUT2D eigenvalue weighted by Gasteiger charge is -2.03. The molecule has 4 nitrogen and oxygen atoms in total. The molecule has 0 aliphatic rings. The highest BCUT2D eigenvalue weighted by atomic mass is 32.2. The summed E-state index contributed by atoms with van der Waals surface area (Å²) in [6.45, 7) is 4.21. The number of aryl methyl sites for hydroxylation is 1. The lowest BCUT2D eigenvalue weighted by Crippen LogP contribution is -1.99. The van der Waals surface area contributed by atoms with E-state index in [2.05, 4.69) is 41.5 Å². The Morgan fingerprint density at radius 3 is 2.69 bits per heavy atom. The summed E-state index contributed by atoms with van der Waals surface area (Å²) < 4.78 is 1.78. The summed E-state index contributed by atoms with van der Waals surface area (Å²) in [5.74, 6) is 1.03.